The Morgan fingerprint density at radius 2 is 1.67 bits per heavy atom. The van der Waals surface area contributed by atoms with Gasteiger partial charge in [-0.25, -0.2) is 0 Å². The molecule has 1 aromatic rings. The Bertz CT molecular complexity index is 498. The van der Waals surface area contributed by atoms with Crippen molar-refractivity contribution in [3.63, 3.8) is 0 Å². The van der Waals surface area contributed by atoms with E-state index in [1.165, 1.54) is 19.3 Å². The Labute approximate surface area is 148 Å². The molecule has 0 heterocycles. The number of benzene rings is 1. The Kier molecular flexibility index (Phi) is 6.33. The maximum absolute atomic E-state index is 11.7. The molecule has 0 aromatic heterocycles. The molecular weight excluding hydrogens is 298 g/mol. The second-order valence-electron chi connectivity index (χ2n) is 8.71. The van der Waals surface area contributed by atoms with Crippen LogP contribution in [0, 0.1) is 5.92 Å². The standard InChI is InChI=1S/C21H36NO2/c1-17(2)24-20-13-11-19(12-14-20)21(23,15-16-22(3,4)5)18-9-7-6-8-10-18/h11-14,17-18,23H,6-10,15-16H2,1-5H3/q+1/t21-/m1/s1. The van der Waals surface area contributed by atoms with Gasteiger partial charge >= 0.3 is 0 Å². The van der Waals surface area contributed by atoms with Crippen LogP contribution in [0.3, 0.4) is 0 Å². The van der Waals surface area contributed by atoms with Crippen LogP contribution >= 0.6 is 0 Å². The predicted molar refractivity (Wildman–Crippen MR) is 100 cm³/mol. The molecule has 1 fully saturated rings. The molecule has 0 radical (unpaired) electrons. The summed E-state index contributed by atoms with van der Waals surface area (Å²) in [6.07, 6.45) is 7.05. The van der Waals surface area contributed by atoms with Gasteiger partial charge in [-0.2, -0.15) is 0 Å². The molecule has 0 aliphatic heterocycles. The van der Waals surface area contributed by atoms with Crippen LogP contribution in [0.4, 0.5) is 0 Å². The lowest BCUT2D eigenvalue weighted by Crippen LogP contribution is -2.43. The molecule has 1 aliphatic rings. The zero-order valence-electron chi connectivity index (χ0n) is 16.2. The lowest BCUT2D eigenvalue weighted by Gasteiger charge is -2.40. The first-order valence-electron chi connectivity index (χ1n) is 9.51. The number of quaternary nitrogens is 1. The van der Waals surface area contributed by atoms with Gasteiger partial charge < -0.3 is 14.3 Å². The molecule has 0 spiro atoms. The first kappa shape index (κ1) is 19.3. The summed E-state index contributed by atoms with van der Waals surface area (Å²) >= 11 is 0. The van der Waals surface area contributed by atoms with Gasteiger partial charge in [0.1, 0.15) is 5.75 Å². The Hall–Kier alpha value is -1.06. The lowest BCUT2D eigenvalue weighted by atomic mass is 9.71. The van der Waals surface area contributed by atoms with Crippen LogP contribution in [0.25, 0.3) is 0 Å². The second-order valence-corrected chi connectivity index (χ2v) is 8.71. The quantitative estimate of drug-likeness (QED) is 0.752. The van der Waals surface area contributed by atoms with Crippen molar-refractivity contribution in [1.82, 2.24) is 0 Å². The smallest absolute Gasteiger partial charge is 0.119 e. The van der Waals surface area contributed by atoms with Crippen LogP contribution in [-0.4, -0.2) is 43.4 Å². The number of hydrogen-bond donors (Lipinski definition) is 1. The Balaban J connectivity index is 2.23. The topological polar surface area (TPSA) is 29.5 Å². The molecule has 0 unspecified atom stereocenters. The molecule has 1 N–H and O–H groups in total. The summed E-state index contributed by atoms with van der Waals surface area (Å²) in [5.74, 6) is 1.25. The molecule has 0 amide bonds. The molecule has 136 valence electrons. The maximum atomic E-state index is 11.7. The van der Waals surface area contributed by atoms with Gasteiger partial charge in [0.25, 0.3) is 0 Å². The van der Waals surface area contributed by atoms with Crippen molar-refractivity contribution in [1.29, 1.82) is 0 Å². The van der Waals surface area contributed by atoms with Crippen molar-refractivity contribution >= 4 is 0 Å². The van der Waals surface area contributed by atoms with Gasteiger partial charge in [-0.15, -0.1) is 0 Å². The molecule has 1 saturated carbocycles. The number of rotatable bonds is 7. The van der Waals surface area contributed by atoms with Gasteiger partial charge in [0.05, 0.1) is 39.4 Å². The van der Waals surface area contributed by atoms with Gasteiger partial charge in [0.15, 0.2) is 0 Å². The maximum Gasteiger partial charge on any atom is 0.119 e. The number of ether oxygens (including phenoxy) is 1. The van der Waals surface area contributed by atoms with E-state index in [9.17, 15) is 5.11 Å². The summed E-state index contributed by atoms with van der Waals surface area (Å²) in [5, 5.41) is 11.7. The van der Waals surface area contributed by atoms with Gasteiger partial charge in [-0.3, -0.25) is 0 Å². The van der Waals surface area contributed by atoms with Crippen molar-refractivity contribution in [2.75, 3.05) is 27.7 Å². The summed E-state index contributed by atoms with van der Waals surface area (Å²) in [4.78, 5) is 0. The third kappa shape index (κ3) is 5.22. The fraction of sp³-hybridized carbons (Fsp3) is 0.714. The number of hydrogen-bond acceptors (Lipinski definition) is 2. The fourth-order valence-corrected chi connectivity index (χ4v) is 3.76. The molecular formula is C21H36NO2+. The van der Waals surface area contributed by atoms with Crippen molar-refractivity contribution < 1.29 is 14.3 Å². The normalized spacial score (nSPS) is 19.3. The number of aliphatic hydroxyl groups is 1. The molecule has 1 atom stereocenters. The van der Waals surface area contributed by atoms with Gasteiger partial charge in [-0.05, 0) is 50.3 Å². The van der Waals surface area contributed by atoms with Crippen molar-refractivity contribution in [2.45, 2.75) is 64.1 Å². The molecule has 1 aromatic carbocycles. The Morgan fingerprint density at radius 1 is 1.08 bits per heavy atom. The minimum Gasteiger partial charge on any atom is -0.491 e. The summed E-state index contributed by atoms with van der Waals surface area (Å²) in [5.41, 5.74) is 0.335. The highest BCUT2D eigenvalue weighted by Gasteiger charge is 2.40. The van der Waals surface area contributed by atoms with Crippen LogP contribution in [0.15, 0.2) is 24.3 Å². The number of nitrogens with zero attached hydrogens (tertiary/aromatic N) is 1. The monoisotopic (exact) mass is 334 g/mol. The highest BCUT2D eigenvalue weighted by atomic mass is 16.5. The van der Waals surface area contributed by atoms with E-state index in [-0.39, 0.29) is 6.10 Å². The largest absolute Gasteiger partial charge is 0.491 e. The average Bonchev–Trinajstić information content (AvgIpc) is 2.53. The highest BCUT2D eigenvalue weighted by Crippen LogP contribution is 2.42. The molecule has 0 saturated heterocycles. The van der Waals surface area contributed by atoms with Crippen molar-refractivity contribution in [3.05, 3.63) is 29.8 Å². The average molecular weight is 335 g/mol. The summed E-state index contributed by atoms with van der Waals surface area (Å²) in [6, 6.07) is 8.16. The van der Waals surface area contributed by atoms with Gasteiger partial charge in [0.2, 0.25) is 0 Å². The summed E-state index contributed by atoms with van der Waals surface area (Å²) < 4.78 is 6.64. The van der Waals surface area contributed by atoms with E-state index in [1.54, 1.807) is 0 Å². The third-order valence-electron chi connectivity index (χ3n) is 5.17. The van der Waals surface area contributed by atoms with E-state index < -0.39 is 5.60 Å². The first-order chi connectivity index (χ1) is 11.2. The van der Waals surface area contributed by atoms with Crippen molar-refractivity contribution in [3.8, 4) is 5.75 Å². The van der Waals surface area contributed by atoms with Crippen LogP contribution in [0.5, 0.6) is 5.75 Å². The van der Waals surface area contributed by atoms with Crippen LogP contribution < -0.4 is 4.74 Å². The zero-order valence-corrected chi connectivity index (χ0v) is 16.2. The highest BCUT2D eigenvalue weighted by molar-refractivity contribution is 5.31. The molecule has 24 heavy (non-hydrogen) atoms. The Morgan fingerprint density at radius 3 is 2.17 bits per heavy atom. The van der Waals surface area contributed by atoms with Crippen molar-refractivity contribution in [2.24, 2.45) is 5.92 Å². The third-order valence-corrected chi connectivity index (χ3v) is 5.17. The molecule has 0 bridgehead atoms. The predicted octanol–water partition coefficient (Wildman–Crippen LogP) is 4.34. The van der Waals surface area contributed by atoms with E-state index in [2.05, 4.69) is 33.3 Å². The van der Waals surface area contributed by atoms with Crippen LogP contribution in [-0.2, 0) is 5.60 Å². The van der Waals surface area contributed by atoms with Crippen LogP contribution in [0.2, 0.25) is 0 Å². The van der Waals surface area contributed by atoms with E-state index in [4.69, 9.17) is 4.74 Å². The molecule has 2 rings (SSSR count). The lowest BCUT2D eigenvalue weighted by molar-refractivity contribution is -0.871. The SMILES string of the molecule is CC(C)Oc1ccc([C@@](O)(CC[N+](C)(C)C)C2CCCCC2)cc1. The van der Waals surface area contributed by atoms with Gasteiger partial charge in [0, 0.05) is 6.42 Å². The van der Waals surface area contributed by atoms with E-state index in [0.29, 0.717) is 5.92 Å². The minimum absolute atomic E-state index is 0.172. The zero-order chi connectivity index (χ0) is 17.8. The first-order valence-corrected chi connectivity index (χ1v) is 9.51. The van der Waals surface area contributed by atoms with E-state index in [1.807, 2.05) is 26.0 Å². The summed E-state index contributed by atoms with van der Waals surface area (Å²) in [6.45, 7) is 5.04. The molecule has 3 nitrogen and oxygen atoms in total. The van der Waals surface area contributed by atoms with E-state index >= 15 is 0 Å². The second kappa shape index (κ2) is 7.88. The fourth-order valence-electron chi connectivity index (χ4n) is 3.76. The van der Waals surface area contributed by atoms with Gasteiger partial charge in [-0.1, -0.05) is 31.4 Å². The minimum atomic E-state index is -0.720. The molecule has 3 heteroatoms. The summed E-state index contributed by atoms with van der Waals surface area (Å²) in [7, 11) is 6.59. The van der Waals surface area contributed by atoms with Crippen LogP contribution in [0.1, 0.15) is 57.9 Å². The van der Waals surface area contributed by atoms with E-state index in [0.717, 1.165) is 41.6 Å². The molecule has 1 aliphatic carbocycles.